The first-order valence-corrected chi connectivity index (χ1v) is 9.79. The SMILES string of the molecule is C/N=C(\C)c1ccc(O)c2c1C[C@H]1C[C@H]3CC(O)=C(C(N)=O)C(=O)[C@@]3(O)C(O)=C1C2=O. The summed E-state index contributed by atoms with van der Waals surface area (Å²) in [6.45, 7) is 1.77. The molecule has 0 radical (unpaired) electrons. The molecule has 0 unspecified atom stereocenters. The van der Waals surface area contributed by atoms with Crippen molar-refractivity contribution in [1.29, 1.82) is 0 Å². The van der Waals surface area contributed by atoms with Gasteiger partial charge in [0.25, 0.3) is 5.91 Å². The van der Waals surface area contributed by atoms with Crippen LogP contribution in [0.2, 0.25) is 0 Å². The van der Waals surface area contributed by atoms with Gasteiger partial charge in [-0.25, -0.2) is 0 Å². The van der Waals surface area contributed by atoms with Gasteiger partial charge >= 0.3 is 0 Å². The van der Waals surface area contributed by atoms with E-state index in [1.165, 1.54) is 6.07 Å². The third-order valence-corrected chi connectivity index (χ3v) is 6.67. The fourth-order valence-electron chi connectivity index (χ4n) is 5.08. The third kappa shape index (κ3) is 2.66. The lowest BCUT2D eigenvalue weighted by molar-refractivity contribution is -0.144. The Bertz CT molecular complexity index is 1160. The number of benzene rings is 1. The van der Waals surface area contributed by atoms with Gasteiger partial charge in [-0.3, -0.25) is 19.4 Å². The van der Waals surface area contributed by atoms with Crippen molar-refractivity contribution in [2.24, 2.45) is 22.6 Å². The molecule has 0 saturated heterocycles. The maximum Gasteiger partial charge on any atom is 0.255 e. The number of aliphatic hydroxyl groups is 3. The Labute approximate surface area is 177 Å². The average Bonchev–Trinajstić information content (AvgIpc) is 2.70. The van der Waals surface area contributed by atoms with E-state index in [-0.39, 0.29) is 36.1 Å². The van der Waals surface area contributed by atoms with Crippen molar-refractivity contribution in [1.82, 2.24) is 0 Å². The van der Waals surface area contributed by atoms with E-state index < -0.39 is 52.0 Å². The standard InChI is InChI=1S/C22H22N2O7/c1-8(24-2)11-3-4-13(25)16-12(11)6-9-5-10-7-14(26)17(21(23)30)20(29)22(10,31)19(28)15(9)18(16)27/h3-4,9-10,25-26,28,31H,5-7H2,1-2H3,(H2,23,30)/b24-8+/t9-,10+,22+/m1/s1. The average molecular weight is 426 g/mol. The lowest BCUT2D eigenvalue weighted by Gasteiger charge is -2.45. The number of aliphatic hydroxyl groups excluding tert-OH is 2. The molecule has 3 atom stereocenters. The number of carbonyl (C=O) groups is 3. The van der Waals surface area contributed by atoms with Crippen LogP contribution in [0, 0.1) is 11.8 Å². The molecule has 9 heteroatoms. The number of allylic oxidation sites excluding steroid dienone is 2. The van der Waals surface area contributed by atoms with Crippen molar-refractivity contribution in [2.75, 3.05) is 7.05 Å². The third-order valence-electron chi connectivity index (χ3n) is 6.67. The fourth-order valence-corrected chi connectivity index (χ4v) is 5.08. The smallest absolute Gasteiger partial charge is 0.255 e. The summed E-state index contributed by atoms with van der Waals surface area (Å²) in [4.78, 5) is 42.0. The molecule has 4 rings (SSSR count). The van der Waals surface area contributed by atoms with Gasteiger partial charge in [0, 0.05) is 30.7 Å². The van der Waals surface area contributed by atoms with Crippen LogP contribution in [0.15, 0.2) is 39.8 Å². The first-order chi connectivity index (χ1) is 14.5. The van der Waals surface area contributed by atoms with E-state index in [1.54, 1.807) is 20.0 Å². The Morgan fingerprint density at radius 1 is 1.19 bits per heavy atom. The second-order valence-electron chi connectivity index (χ2n) is 8.21. The maximum absolute atomic E-state index is 13.4. The molecule has 1 aromatic rings. The topological polar surface area (TPSA) is 171 Å². The van der Waals surface area contributed by atoms with Gasteiger partial charge in [0.15, 0.2) is 11.4 Å². The molecular formula is C22H22N2O7. The number of nitrogens with two attached hydrogens (primary N) is 1. The lowest BCUT2D eigenvalue weighted by atomic mass is 9.60. The Kier molecular flexibility index (Phi) is 4.55. The van der Waals surface area contributed by atoms with E-state index in [0.29, 0.717) is 16.8 Å². The summed E-state index contributed by atoms with van der Waals surface area (Å²) < 4.78 is 0. The summed E-state index contributed by atoms with van der Waals surface area (Å²) >= 11 is 0. The molecule has 0 spiro atoms. The van der Waals surface area contributed by atoms with Gasteiger partial charge in [0.1, 0.15) is 22.8 Å². The number of hydrogen-bond acceptors (Lipinski definition) is 8. The zero-order chi connectivity index (χ0) is 22.8. The van der Waals surface area contributed by atoms with Gasteiger partial charge in [-0.05, 0) is 48.9 Å². The zero-order valence-corrected chi connectivity index (χ0v) is 17.0. The monoisotopic (exact) mass is 426 g/mol. The molecule has 0 heterocycles. The molecule has 3 aliphatic carbocycles. The highest BCUT2D eigenvalue weighted by molar-refractivity contribution is 6.24. The van der Waals surface area contributed by atoms with Crippen LogP contribution >= 0.6 is 0 Å². The molecular weight excluding hydrogens is 404 g/mol. The van der Waals surface area contributed by atoms with Crippen LogP contribution in [0.3, 0.4) is 0 Å². The normalized spacial score (nSPS) is 28.3. The highest BCUT2D eigenvalue weighted by Gasteiger charge is 2.59. The van der Waals surface area contributed by atoms with Crippen molar-refractivity contribution in [3.63, 3.8) is 0 Å². The number of phenolic OH excluding ortho intramolecular Hbond substituents is 1. The van der Waals surface area contributed by atoms with Crippen LogP contribution in [0.4, 0.5) is 0 Å². The number of Topliss-reactive ketones (excluding diaryl/α,β-unsaturated/α-hetero) is 2. The number of carbonyl (C=O) groups excluding carboxylic acids is 3. The number of rotatable bonds is 2. The minimum absolute atomic E-state index is 0.0166. The second kappa shape index (κ2) is 6.78. The predicted molar refractivity (Wildman–Crippen MR) is 109 cm³/mol. The summed E-state index contributed by atoms with van der Waals surface area (Å²) in [6.07, 6.45) is 0.100. The quantitative estimate of drug-likeness (QED) is 0.347. The Morgan fingerprint density at radius 3 is 2.48 bits per heavy atom. The van der Waals surface area contributed by atoms with E-state index in [4.69, 9.17) is 5.73 Å². The van der Waals surface area contributed by atoms with Gasteiger partial charge in [0.05, 0.1) is 5.56 Å². The molecule has 1 aromatic carbocycles. The van der Waals surface area contributed by atoms with Gasteiger partial charge < -0.3 is 26.2 Å². The fraction of sp³-hybridized carbons (Fsp3) is 0.364. The van der Waals surface area contributed by atoms with Crippen molar-refractivity contribution in [3.8, 4) is 5.75 Å². The molecule has 31 heavy (non-hydrogen) atoms. The van der Waals surface area contributed by atoms with Crippen molar-refractivity contribution in [3.05, 3.63) is 51.5 Å². The zero-order valence-electron chi connectivity index (χ0n) is 17.0. The number of ketones is 2. The van der Waals surface area contributed by atoms with E-state index in [9.17, 15) is 34.8 Å². The largest absolute Gasteiger partial charge is 0.511 e. The molecule has 0 bridgehead atoms. The second-order valence-corrected chi connectivity index (χ2v) is 8.21. The number of hydrogen-bond donors (Lipinski definition) is 5. The first kappa shape index (κ1) is 20.8. The van der Waals surface area contributed by atoms with E-state index in [0.717, 1.165) is 0 Å². The molecule has 0 aromatic heterocycles. The van der Waals surface area contributed by atoms with Crippen LogP contribution in [-0.4, -0.2) is 56.3 Å². The van der Waals surface area contributed by atoms with Crippen LogP contribution < -0.4 is 5.73 Å². The van der Waals surface area contributed by atoms with Gasteiger partial charge in [-0.1, -0.05) is 0 Å². The number of phenols is 1. The van der Waals surface area contributed by atoms with Crippen LogP contribution in [0.25, 0.3) is 0 Å². The molecule has 0 aliphatic heterocycles. The number of fused-ring (bicyclic) bond motifs is 3. The summed E-state index contributed by atoms with van der Waals surface area (Å²) in [5.74, 6) is -6.37. The molecule has 162 valence electrons. The number of nitrogens with zero attached hydrogens (tertiary/aromatic N) is 1. The minimum atomic E-state index is -2.55. The van der Waals surface area contributed by atoms with Crippen molar-refractivity contribution >= 4 is 23.2 Å². The summed E-state index contributed by atoms with van der Waals surface area (Å²) in [7, 11) is 1.61. The van der Waals surface area contributed by atoms with Gasteiger partial charge in [-0.15, -0.1) is 0 Å². The molecule has 3 aliphatic rings. The van der Waals surface area contributed by atoms with Crippen LogP contribution in [0.5, 0.6) is 5.75 Å². The van der Waals surface area contributed by atoms with Crippen LogP contribution in [-0.2, 0) is 16.0 Å². The van der Waals surface area contributed by atoms with Crippen molar-refractivity contribution < 1.29 is 34.8 Å². The molecule has 9 nitrogen and oxygen atoms in total. The summed E-state index contributed by atoms with van der Waals surface area (Å²) in [6, 6.07) is 3.02. The van der Waals surface area contributed by atoms with Crippen LogP contribution in [0.1, 0.15) is 41.3 Å². The Morgan fingerprint density at radius 2 is 1.87 bits per heavy atom. The molecule has 0 fully saturated rings. The predicted octanol–water partition coefficient (Wildman–Crippen LogP) is 1.02. The molecule has 0 saturated carbocycles. The highest BCUT2D eigenvalue weighted by atomic mass is 16.3. The maximum atomic E-state index is 13.4. The minimum Gasteiger partial charge on any atom is -0.511 e. The highest BCUT2D eigenvalue weighted by Crippen LogP contribution is 2.51. The Balaban J connectivity index is 1.93. The number of aliphatic imine (C=N–C) groups is 1. The Hall–Kier alpha value is -3.46. The van der Waals surface area contributed by atoms with E-state index in [1.807, 2.05) is 0 Å². The number of aromatic hydroxyl groups is 1. The van der Waals surface area contributed by atoms with Gasteiger partial charge in [0.2, 0.25) is 5.78 Å². The summed E-state index contributed by atoms with van der Waals surface area (Å²) in [5, 5.41) is 42.7. The lowest BCUT2D eigenvalue weighted by Crippen LogP contribution is -2.57. The van der Waals surface area contributed by atoms with Gasteiger partial charge in [-0.2, -0.15) is 0 Å². The van der Waals surface area contributed by atoms with E-state index >= 15 is 0 Å². The molecule has 6 N–H and O–H groups in total. The summed E-state index contributed by atoms with van der Waals surface area (Å²) in [5.41, 5.74) is 3.56. The van der Waals surface area contributed by atoms with E-state index in [2.05, 4.69) is 4.99 Å². The number of amides is 1. The first-order valence-electron chi connectivity index (χ1n) is 9.79. The van der Waals surface area contributed by atoms with Crippen molar-refractivity contribution in [2.45, 2.75) is 31.8 Å². The molecule has 1 amide bonds. The number of primary amides is 1.